The fourth-order valence-electron chi connectivity index (χ4n) is 3.63. The van der Waals surface area contributed by atoms with Gasteiger partial charge >= 0.3 is 5.69 Å². The Balaban J connectivity index is 1.50. The van der Waals surface area contributed by atoms with Gasteiger partial charge in [0.2, 0.25) is 0 Å². The lowest BCUT2D eigenvalue weighted by atomic mass is 10.2. The number of aliphatic imine (C=N–C) groups is 1. The largest absolute Gasteiger partial charge is 0.394 e. The molecule has 0 spiro atoms. The number of rotatable bonds is 8. The molecule has 0 amide bonds. The maximum atomic E-state index is 12.5. The van der Waals surface area contributed by atoms with E-state index in [0.29, 0.717) is 25.3 Å². The van der Waals surface area contributed by atoms with Gasteiger partial charge in [-0.15, -0.1) is 0 Å². The van der Waals surface area contributed by atoms with Crippen LogP contribution in [0.25, 0.3) is 0 Å². The molecule has 7 nitrogen and oxygen atoms in total. The lowest BCUT2D eigenvalue weighted by Gasteiger charge is -2.20. The van der Waals surface area contributed by atoms with Crippen LogP contribution in [0.3, 0.4) is 0 Å². The summed E-state index contributed by atoms with van der Waals surface area (Å²) in [5.41, 5.74) is 1.94. The van der Waals surface area contributed by atoms with Crippen molar-refractivity contribution in [3.05, 3.63) is 94.5 Å². The third-order valence-corrected chi connectivity index (χ3v) is 5.22. The average molecular weight is 418 g/mol. The van der Waals surface area contributed by atoms with Gasteiger partial charge in [-0.1, -0.05) is 60.7 Å². The maximum Gasteiger partial charge on any atom is 0.351 e. The minimum atomic E-state index is -0.407. The van der Waals surface area contributed by atoms with Gasteiger partial charge in [-0.2, -0.15) is 4.98 Å². The van der Waals surface area contributed by atoms with Gasteiger partial charge in [0.15, 0.2) is 5.82 Å². The summed E-state index contributed by atoms with van der Waals surface area (Å²) < 4.78 is 7.13. The zero-order valence-corrected chi connectivity index (χ0v) is 17.2. The van der Waals surface area contributed by atoms with E-state index in [1.54, 1.807) is 18.6 Å². The molecule has 4 rings (SSSR count). The summed E-state index contributed by atoms with van der Waals surface area (Å²) in [7, 11) is 0. The Labute approximate surface area is 181 Å². The minimum absolute atomic E-state index is 0.0419. The van der Waals surface area contributed by atoms with Gasteiger partial charge in [0.05, 0.1) is 19.0 Å². The number of aliphatic hydroxyl groups is 1. The molecule has 0 radical (unpaired) electrons. The Morgan fingerprint density at radius 2 is 1.68 bits per heavy atom. The van der Waals surface area contributed by atoms with Crippen molar-refractivity contribution in [2.75, 3.05) is 6.61 Å². The van der Waals surface area contributed by atoms with Crippen LogP contribution in [0.5, 0.6) is 0 Å². The third kappa shape index (κ3) is 5.65. The first-order chi connectivity index (χ1) is 15.2. The molecule has 7 heteroatoms. The molecule has 0 unspecified atom stereocenters. The zero-order chi connectivity index (χ0) is 21.5. The molecular weight excluding hydrogens is 392 g/mol. The van der Waals surface area contributed by atoms with Crippen molar-refractivity contribution in [2.24, 2.45) is 4.99 Å². The summed E-state index contributed by atoms with van der Waals surface area (Å²) >= 11 is 0. The zero-order valence-electron chi connectivity index (χ0n) is 17.2. The predicted molar refractivity (Wildman–Crippen MR) is 119 cm³/mol. The normalized spacial score (nSPS) is 18.5. The van der Waals surface area contributed by atoms with E-state index in [1.165, 1.54) is 15.7 Å². The first-order valence-electron chi connectivity index (χ1n) is 10.4. The van der Waals surface area contributed by atoms with Gasteiger partial charge in [-0.05, 0) is 30.0 Å². The number of benzene rings is 2. The molecule has 1 fully saturated rings. The van der Waals surface area contributed by atoms with Crippen molar-refractivity contribution >= 4 is 12.2 Å². The highest BCUT2D eigenvalue weighted by Crippen LogP contribution is 2.26. The van der Waals surface area contributed by atoms with E-state index in [4.69, 9.17) is 4.74 Å². The highest BCUT2D eigenvalue weighted by Gasteiger charge is 2.26. The van der Waals surface area contributed by atoms with Crippen molar-refractivity contribution in [1.29, 1.82) is 0 Å². The van der Waals surface area contributed by atoms with Crippen molar-refractivity contribution in [3.63, 3.8) is 0 Å². The van der Waals surface area contributed by atoms with E-state index in [1.807, 2.05) is 36.4 Å². The molecular formula is C24H26N4O3. The number of aromatic nitrogens is 2. The van der Waals surface area contributed by atoms with E-state index in [9.17, 15) is 9.90 Å². The monoisotopic (exact) mass is 418 g/mol. The van der Waals surface area contributed by atoms with Gasteiger partial charge in [0, 0.05) is 19.3 Å². The van der Waals surface area contributed by atoms with Gasteiger partial charge < -0.3 is 14.7 Å². The van der Waals surface area contributed by atoms with Crippen LogP contribution < -0.4 is 5.69 Å². The lowest BCUT2D eigenvalue weighted by Crippen LogP contribution is -2.27. The third-order valence-electron chi connectivity index (χ3n) is 5.22. The molecule has 31 heavy (non-hydrogen) atoms. The summed E-state index contributed by atoms with van der Waals surface area (Å²) in [6, 6.07) is 22.1. The first kappa shape index (κ1) is 21.0. The quantitative estimate of drug-likeness (QED) is 0.449. The first-order valence-corrected chi connectivity index (χ1v) is 10.4. The molecule has 2 aromatic carbocycles. The number of hydrogen-bond donors (Lipinski definition) is 1. The Bertz CT molecular complexity index is 1010. The van der Waals surface area contributed by atoms with Crippen LogP contribution in [0.1, 0.15) is 30.2 Å². The highest BCUT2D eigenvalue weighted by molar-refractivity contribution is 5.59. The van der Waals surface area contributed by atoms with Crippen molar-refractivity contribution in [2.45, 2.75) is 38.3 Å². The summed E-state index contributed by atoms with van der Waals surface area (Å²) in [4.78, 5) is 23.1. The van der Waals surface area contributed by atoms with Crippen LogP contribution in [0.2, 0.25) is 0 Å². The predicted octanol–water partition coefficient (Wildman–Crippen LogP) is 3.28. The molecule has 160 valence electrons. The van der Waals surface area contributed by atoms with Crippen LogP contribution in [0.4, 0.5) is 5.82 Å². The van der Waals surface area contributed by atoms with Crippen molar-refractivity contribution < 1.29 is 9.84 Å². The fraction of sp³-hybridized carbons (Fsp3) is 0.292. The maximum absolute atomic E-state index is 12.5. The molecule has 1 saturated heterocycles. The molecule has 2 atom stereocenters. The second-order valence-electron chi connectivity index (χ2n) is 7.57. The molecule has 1 N–H and O–H groups in total. The molecule has 0 saturated carbocycles. The fourth-order valence-corrected chi connectivity index (χ4v) is 3.63. The van der Waals surface area contributed by atoms with Crippen LogP contribution in [-0.2, 0) is 17.8 Å². The Morgan fingerprint density at radius 3 is 2.23 bits per heavy atom. The van der Waals surface area contributed by atoms with Crippen LogP contribution in [0, 0.1) is 0 Å². The Hall–Kier alpha value is -3.29. The van der Waals surface area contributed by atoms with Crippen molar-refractivity contribution in [1.82, 2.24) is 14.5 Å². The van der Waals surface area contributed by atoms with Gasteiger partial charge in [0.1, 0.15) is 6.23 Å². The van der Waals surface area contributed by atoms with Crippen LogP contribution in [-0.4, -0.2) is 38.6 Å². The molecule has 0 bridgehead atoms. The molecule has 1 aliphatic heterocycles. The van der Waals surface area contributed by atoms with Crippen LogP contribution >= 0.6 is 0 Å². The standard InChI is InChI=1S/C24H26N4O3/c29-17-21-11-12-23(31-21)28-14-13-22(26-24(28)30)25-18-27(15-19-7-3-1-4-8-19)16-20-9-5-2-6-10-20/h1-10,13-14,18,21,23,29H,11-12,15-17H2/t21-,23+/m0/s1. The van der Waals surface area contributed by atoms with E-state index >= 15 is 0 Å². The summed E-state index contributed by atoms with van der Waals surface area (Å²) in [6.45, 7) is 1.34. The molecule has 1 aliphatic rings. The van der Waals surface area contributed by atoms with E-state index in [2.05, 4.69) is 39.1 Å². The smallest absolute Gasteiger partial charge is 0.351 e. The summed E-state index contributed by atoms with van der Waals surface area (Å²) in [6.07, 6.45) is 4.19. The second-order valence-corrected chi connectivity index (χ2v) is 7.57. The van der Waals surface area contributed by atoms with Crippen molar-refractivity contribution in [3.8, 4) is 0 Å². The summed E-state index contributed by atoms with van der Waals surface area (Å²) in [5, 5.41) is 9.23. The summed E-state index contributed by atoms with van der Waals surface area (Å²) in [5.74, 6) is 0.351. The number of aliphatic hydroxyl groups excluding tert-OH is 1. The molecule has 2 heterocycles. The lowest BCUT2D eigenvalue weighted by molar-refractivity contribution is -0.0245. The van der Waals surface area contributed by atoms with Gasteiger partial charge in [0.25, 0.3) is 0 Å². The van der Waals surface area contributed by atoms with Gasteiger partial charge in [-0.3, -0.25) is 4.57 Å². The Kier molecular flexibility index (Phi) is 6.86. The SMILES string of the molecule is O=c1nc(N=CN(Cc2ccccc2)Cc2ccccc2)ccn1[C@H]1CC[C@@H](CO)O1. The highest BCUT2D eigenvalue weighted by atomic mass is 16.5. The Morgan fingerprint density at radius 1 is 1.03 bits per heavy atom. The van der Waals surface area contributed by atoms with Crippen LogP contribution in [0.15, 0.2) is 82.7 Å². The second kappa shape index (κ2) is 10.1. The molecule has 0 aliphatic carbocycles. The van der Waals surface area contributed by atoms with Gasteiger partial charge in [-0.25, -0.2) is 9.79 Å². The minimum Gasteiger partial charge on any atom is -0.394 e. The average Bonchev–Trinajstić information content (AvgIpc) is 3.28. The number of ether oxygens (including phenoxy) is 1. The number of nitrogens with zero attached hydrogens (tertiary/aromatic N) is 4. The number of hydrogen-bond acceptors (Lipinski definition) is 5. The van der Waals surface area contributed by atoms with E-state index in [0.717, 1.165) is 6.42 Å². The van der Waals surface area contributed by atoms with E-state index < -0.39 is 5.69 Å². The molecule has 1 aromatic heterocycles. The molecule has 3 aromatic rings. The van der Waals surface area contributed by atoms with E-state index in [-0.39, 0.29) is 18.9 Å². The topological polar surface area (TPSA) is 80.0 Å².